The fourth-order valence-corrected chi connectivity index (χ4v) is 12.4. The van der Waals surface area contributed by atoms with Crippen molar-refractivity contribution in [2.45, 2.75) is 235 Å². The van der Waals surface area contributed by atoms with E-state index in [0.29, 0.717) is 13.0 Å². The molecular formula is C53H97NO5SSi4. The van der Waals surface area contributed by atoms with Crippen LogP contribution in [0.3, 0.4) is 0 Å². The number of aromatic nitrogens is 1. The van der Waals surface area contributed by atoms with Gasteiger partial charge in [-0.25, -0.2) is 4.98 Å². The molecule has 2 aromatic rings. The Balaban J connectivity index is 2.61. The second kappa shape index (κ2) is 21.5. The molecule has 0 aliphatic heterocycles. The van der Waals surface area contributed by atoms with Crippen molar-refractivity contribution in [3.63, 3.8) is 0 Å². The van der Waals surface area contributed by atoms with Gasteiger partial charge in [-0.3, -0.25) is 4.79 Å². The van der Waals surface area contributed by atoms with E-state index in [1.54, 1.807) is 11.3 Å². The maximum absolute atomic E-state index is 15.4. The monoisotopic (exact) mass is 972 g/mol. The lowest BCUT2D eigenvalue weighted by molar-refractivity contribution is -0.140. The molecule has 0 bridgehead atoms. The first-order valence-electron chi connectivity index (χ1n) is 24.1. The van der Waals surface area contributed by atoms with Crippen molar-refractivity contribution in [2.75, 3.05) is 6.61 Å². The molecule has 1 aromatic carbocycles. The van der Waals surface area contributed by atoms with Gasteiger partial charge < -0.3 is 17.7 Å². The van der Waals surface area contributed by atoms with Gasteiger partial charge in [0.2, 0.25) is 8.32 Å². The maximum Gasteiger partial charge on any atom is 0.250 e. The van der Waals surface area contributed by atoms with Crippen LogP contribution >= 0.6 is 11.3 Å². The molecule has 2 rings (SSSR count). The van der Waals surface area contributed by atoms with Crippen LogP contribution in [-0.4, -0.2) is 56.7 Å². The lowest BCUT2D eigenvalue weighted by Crippen LogP contribution is -2.52. The number of carbonyl (C=O) groups excluding carboxylic acids is 1. The molecule has 366 valence electrons. The van der Waals surface area contributed by atoms with Gasteiger partial charge in [-0.2, -0.15) is 0 Å². The summed E-state index contributed by atoms with van der Waals surface area (Å²) in [5, 5.41) is 3.40. The van der Waals surface area contributed by atoms with Crippen LogP contribution in [-0.2, 0) is 35.3 Å². The number of ketones is 1. The first-order valence-corrected chi connectivity index (χ1v) is 36.6. The summed E-state index contributed by atoms with van der Waals surface area (Å²) in [4.78, 5) is 20.1. The van der Waals surface area contributed by atoms with Gasteiger partial charge in [0.25, 0.3) is 0 Å². The van der Waals surface area contributed by atoms with Crippen LogP contribution in [0.4, 0.5) is 0 Å². The summed E-state index contributed by atoms with van der Waals surface area (Å²) >= 11 is 1.70. The number of carbonyl (C=O) groups is 1. The van der Waals surface area contributed by atoms with Gasteiger partial charge in [0.05, 0.1) is 28.7 Å². The number of benzene rings is 1. The van der Waals surface area contributed by atoms with E-state index >= 15 is 4.79 Å². The Bertz CT molecular complexity index is 1910. The second-order valence-electron chi connectivity index (χ2n) is 25.7. The zero-order valence-electron chi connectivity index (χ0n) is 46.1. The molecular weight excluding hydrogens is 875 g/mol. The number of allylic oxidation sites excluding steroid dienone is 3. The lowest BCUT2D eigenvalue weighted by Gasteiger charge is -2.46. The van der Waals surface area contributed by atoms with Crippen LogP contribution in [0.2, 0.25) is 72.5 Å². The minimum absolute atomic E-state index is 0.00743. The average Bonchev–Trinajstić information content (AvgIpc) is 3.53. The summed E-state index contributed by atoms with van der Waals surface area (Å²) < 4.78 is 28.5. The molecule has 1 heterocycles. The van der Waals surface area contributed by atoms with Crippen molar-refractivity contribution in [1.29, 1.82) is 0 Å². The van der Waals surface area contributed by atoms with Crippen molar-refractivity contribution >= 4 is 50.4 Å². The largest absolute Gasteiger partial charge is 0.546 e. The Morgan fingerprint density at radius 2 is 1.25 bits per heavy atom. The Morgan fingerprint density at radius 3 is 1.73 bits per heavy atom. The number of hydrogen-bond acceptors (Lipinski definition) is 7. The van der Waals surface area contributed by atoms with Gasteiger partial charge in [-0.05, 0) is 123 Å². The van der Waals surface area contributed by atoms with Crippen molar-refractivity contribution in [3.05, 3.63) is 74.5 Å². The third kappa shape index (κ3) is 15.8. The van der Waals surface area contributed by atoms with E-state index in [0.717, 1.165) is 41.3 Å². The van der Waals surface area contributed by atoms with E-state index in [9.17, 15) is 0 Å². The molecule has 0 amide bonds. The maximum atomic E-state index is 15.4. The third-order valence-corrected chi connectivity index (χ3v) is 34.3. The minimum Gasteiger partial charge on any atom is -0.546 e. The third-order valence-electron chi connectivity index (χ3n) is 15.6. The van der Waals surface area contributed by atoms with Gasteiger partial charge in [-0.15, -0.1) is 11.3 Å². The van der Waals surface area contributed by atoms with E-state index in [1.807, 2.05) is 0 Å². The van der Waals surface area contributed by atoms with Gasteiger partial charge in [0, 0.05) is 36.2 Å². The molecule has 0 N–H and O–H groups in total. The number of Topliss-reactive ketones (excluding diaryl/α,β-unsaturated/α-hetero) is 1. The fourth-order valence-electron chi connectivity index (χ4n) is 6.74. The van der Waals surface area contributed by atoms with Crippen LogP contribution in [0.5, 0.6) is 0 Å². The quantitative estimate of drug-likeness (QED) is 0.0705. The molecule has 0 aliphatic carbocycles. The van der Waals surface area contributed by atoms with Crippen molar-refractivity contribution < 1.29 is 22.5 Å². The van der Waals surface area contributed by atoms with Crippen LogP contribution in [0.1, 0.15) is 158 Å². The van der Waals surface area contributed by atoms with Crippen LogP contribution < -0.4 is 0 Å². The van der Waals surface area contributed by atoms with Gasteiger partial charge in [0.1, 0.15) is 5.78 Å². The first kappa shape index (κ1) is 58.7. The van der Waals surface area contributed by atoms with Crippen LogP contribution in [0.25, 0.3) is 0 Å². The van der Waals surface area contributed by atoms with Crippen molar-refractivity contribution in [2.24, 2.45) is 11.3 Å². The van der Waals surface area contributed by atoms with Crippen molar-refractivity contribution in [1.82, 2.24) is 4.98 Å². The highest BCUT2D eigenvalue weighted by Crippen LogP contribution is 2.46. The molecule has 0 radical (unpaired) electrons. The zero-order valence-corrected chi connectivity index (χ0v) is 50.9. The molecule has 0 spiro atoms. The molecule has 1 aromatic heterocycles. The molecule has 0 saturated heterocycles. The number of thiazole rings is 1. The summed E-state index contributed by atoms with van der Waals surface area (Å²) in [7, 11) is -8.68. The smallest absolute Gasteiger partial charge is 0.250 e. The number of nitrogens with zero attached hydrogens (tertiary/aromatic N) is 1. The average molecular weight is 973 g/mol. The highest BCUT2D eigenvalue weighted by molar-refractivity contribution is 7.09. The highest BCUT2D eigenvalue weighted by atomic mass is 32.1. The summed E-state index contributed by atoms with van der Waals surface area (Å²) in [5.74, 6) is 0.843. The highest BCUT2D eigenvalue weighted by Gasteiger charge is 2.49. The van der Waals surface area contributed by atoms with Gasteiger partial charge in [0.15, 0.2) is 25.0 Å². The number of aryl methyl sites for hydroxylation is 1. The Kier molecular flexibility index (Phi) is 19.7. The molecule has 0 fully saturated rings. The first-order chi connectivity index (χ1) is 28.6. The Morgan fingerprint density at radius 1 is 0.734 bits per heavy atom. The summed E-state index contributed by atoms with van der Waals surface area (Å²) in [6.45, 7) is 59.3. The van der Waals surface area contributed by atoms with E-state index in [-0.39, 0.29) is 32.0 Å². The molecule has 0 aliphatic rings. The molecule has 0 unspecified atom stereocenters. The normalized spacial score (nSPS) is 16.4. The number of hydrogen-bond donors (Lipinski definition) is 0. The SMILES string of the molecule is C/C(=C/C/C(O[Si](C)(C)C(C)(C)C)=C(/C)Cc1csc(C)n1)Cc1cccc([C@H](O[Si](C)(C)C(C)(C)C)[C@@H](C)C(=O)C(C)(C)[C@H](CCO[Si](C)(C)C(C)(C)C)O[Si](C)(C)C(C)(C)C)c1. The number of rotatable bonds is 21. The molecule has 6 nitrogen and oxygen atoms in total. The minimum atomic E-state index is -2.34. The zero-order chi connectivity index (χ0) is 49.9. The van der Waals surface area contributed by atoms with E-state index in [1.165, 1.54) is 16.7 Å². The van der Waals surface area contributed by atoms with Crippen molar-refractivity contribution in [3.8, 4) is 0 Å². The Hall–Kier alpha value is -1.45. The molecule has 3 atom stereocenters. The fraction of sp³-hybridized carbons (Fsp3) is 0.736. The van der Waals surface area contributed by atoms with Gasteiger partial charge >= 0.3 is 0 Å². The van der Waals surface area contributed by atoms with Gasteiger partial charge in [-0.1, -0.05) is 140 Å². The standard InChI is InChI=1S/C53H97NO5SSi4/c1-38(30-31-45(57-62(21,22)50(8,9)10)39(2)35-44-37-60-41(4)54-44)34-42-28-27-29-43(36-42)47(59-64(25,26)52(14,15)16)40(3)48(55)53(17,18)46(58-63(23,24)51(11,12)13)32-33-56-61(19,20)49(5,6)7/h27-30,36-37,40,46-47H,31-35H2,1-26H3/b38-30-,45-39+/t40-,46+,47-/m1/s1. The summed E-state index contributed by atoms with van der Waals surface area (Å²) in [6.07, 6.45) is 4.64. The Labute approximate surface area is 403 Å². The van der Waals surface area contributed by atoms with Crippen LogP contribution in [0.15, 0.2) is 52.6 Å². The summed E-state index contributed by atoms with van der Waals surface area (Å²) in [6, 6.07) is 8.83. The second-order valence-corrected chi connectivity index (χ2v) is 45.8. The molecule has 0 saturated carbocycles. The predicted molar refractivity (Wildman–Crippen MR) is 289 cm³/mol. The topological polar surface area (TPSA) is 66.9 Å². The summed E-state index contributed by atoms with van der Waals surface area (Å²) in [5.41, 5.74) is 5.12. The molecule has 64 heavy (non-hydrogen) atoms. The molecule has 11 heteroatoms. The van der Waals surface area contributed by atoms with E-state index < -0.39 is 50.7 Å². The predicted octanol–water partition coefficient (Wildman–Crippen LogP) is 17.0. The van der Waals surface area contributed by atoms with E-state index in [2.05, 4.69) is 213 Å². The van der Waals surface area contributed by atoms with E-state index in [4.69, 9.17) is 22.7 Å². The van der Waals surface area contributed by atoms with Crippen LogP contribution in [0, 0.1) is 18.3 Å². The lowest BCUT2D eigenvalue weighted by atomic mass is 9.74.